The molecule has 144 valence electrons. The van der Waals surface area contributed by atoms with Gasteiger partial charge in [0.25, 0.3) is 5.91 Å². The number of rotatable bonds is 7. The quantitative estimate of drug-likeness (QED) is 0.664. The van der Waals surface area contributed by atoms with Gasteiger partial charge < -0.3 is 11.1 Å². The number of nitrogens with one attached hydrogen (secondary N) is 2. The normalized spacial score (nSPS) is 12.4. The van der Waals surface area contributed by atoms with Gasteiger partial charge in [0.15, 0.2) is 0 Å². The number of amides is 1. The van der Waals surface area contributed by atoms with E-state index < -0.39 is 21.1 Å². The van der Waals surface area contributed by atoms with E-state index in [0.29, 0.717) is 12.1 Å². The number of nitrogens with two attached hydrogens (primary N) is 1. The molecule has 0 aromatic heterocycles. The molecule has 1 aromatic rings. The molecule has 6 nitrogen and oxygen atoms in total. The summed E-state index contributed by atoms with van der Waals surface area (Å²) < 4.78 is 27.1. The summed E-state index contributed by atoms with van der Waals surface area (Å²) in [7, 11) is -3.61. The smallest absolute Gasteiger partial charge is 0.251 e. The third kappa shape index (κ3) is 6.58. The largest absolute Gasteiger partial charge is 0.345 e. The van der Waals surface area contributed by atoms with Crippen LogP contribution in [0.15, 0.2) is 29.2 Å². The second-order valence-corrected chi connectivity index (χ2v) is 8.71. The molecule has 0 saturated carbocycles. The number of hydrogen-bond acceptors (Lipinski definition) is 4. The van der Waals surface area contributed by atoms with Crippen LogP contribution in [-0.2, 0) is 10.0 Å². The maximum Gasteiger partial charge on any atom is 0.251 e. The van der Waals surface area contributed by atoms with Gasteiger partial charge >= 0.3 is 0 Å². The van der Waals surface area contributed by atoms with Crippen molar-refractivity contribution in [1.82, 2.24) is 10.0 Å². The molecule has 0 aliphatic rings. The lowest BCUT2D eigenvalue weighted by molar-refractivity contribution is 0.0895. The first-order chi connectivity index (χ1) is 11.0. The number of hydrogen-bond donors (Lipinski definition) is 3. The Hall–Kier alpha value is -1.15. The molecule has 0 radical (unpaired) electrons. The Morgan fingerprint density at radius 3 is 1.92 bits per heavy atom. The van der Waals surface area contributed by atoms with Gasteiger partial charge in [-0.3, -0.25) is 4.79 Å². The van der Waals surface area contributed by atoms with Crippen LogP contribution in [0.2, 0.25) is 0 Å². The first-order valence-corrected chi connectivity index (χ1v) is 9.63. The predicted molar refractivity (Wildman–Crippen MR) is 104 cm³/mol. The van der Waals surface area contributed by atoms with Crippen molar-refractivity contribution in [2.24, 2.45) is 5.73 Å². The van der Waals surface area contributed by atoms with Gasteiger partial charge in [-0.1, -0.05) is 13.8 Å². The molecule has 1 amide bonds. The maximum atomic E-state index is 12.4. The lowest BCUT2D eigenvalue weighted by Gasteiger charge is -2.31. The number of carbonyl (C=O) groups is 1. The fraction of sp³-hybridized carbons (Fsp3) is 0.588. The highest BCUT2D eigenvalue weighted by molar-refractivity contribution is 7.89. The standard InChI is InChI=1S/C17H29N3O3S.ClH/c1-6-17(7-2,12-18)19-15(21)13-8-10-14(11-9-13)24(22,23)20-16(3,4)5;/h8-11,20H,6-7,12,18H2,1-5H3,(H,19,21);1H. The Balaban J connectivity index is 0.00000576. The molecule has 8 heteroatoms. The first-order valence-electron chi connectivity index (χ1n) is 8.15. The number of benzene rings is 1. The topological polar surface area (TPSA) is 101 Å². The monoisotopic (exact) mass is 391 g/mol. The molecular formula is C17H30ClN3O3S. The molecule has 0 unspecified atom stereocenters. The van der Waals surface area contributed by atoms with Crippen LogP contribution < -0.4 is 15.8 Å². The summed E-state index contributed by atoms with van der Waals surface area (Å²) in [4.78, 5) is 12.5. The Labute approximate surface area is 157 Å². The third-order valence-corrected chi connectivity index (χ3v) is 5.76. The Bertz CT molecular complexity index is 655. The summed E-state index contributed by atoms with van der Waals surface area (Å²) in [5.74, 6) is -0.253. The molecule has 4 N–H and O–H groups in total. The van der Waals surface area contributed by atoms with Crippen LogP contribution in [0.1, 0.15) is 57.8 Å². The second-order valence-electron chi connectivity index (χ2n) is 7.03. The van der Waals surface area contributed by atoms with Crippen molar-refractivity contribution in [2.45, 2.75) is 63.4 Å². The molecule has 0 saturated heterocycles. The van der Waals surface area contributed by atoms with Crippen molar-refractivity contribution in [3.05, 3.63) is 29.8 Å². The summed E-state index contributed by atoms with van der Waals surface area (Å²) in [5.41, 5.74) is 5.19. The SMILES string of the molecule is CCC(CC)(CN)NC(=O)c1ccc(S(=O)(=O)NC(C)(C)C)cc1.Cl. The fourth-order valence-corrected chi connectivity index (χ4v) is 3.75. The molecule has 0 fully saturated rings. The third-order valence-electron chi connectivity index (χ3n) is 3.99. The fourth-order valence-electron chi connectivity index (χ4n) is 2.33. The predicted octanol–water partition coefficient (Wildman–Crippen LogP) is 2.43. The van der Waals surface area contributed by atoms with Gasteiger partial charge in [-0.15, -0.1) is 12.4 Å². The average molecular weight is 392 g/mol. The van der Waals surface area contributed by atoms with Crippen molar-refractivity contribution in [3.8, 4) is 0 Å². The van der Waals surface area contributed by atoms with E-state index >= 15 is 0 Å². The van der Waals surface area contributed by atoms with Gasteiger partial charge in [-0.25, -0.2) is 13.1 Å². The summed E-state index contributed by atoms with van der Waals surface area (Å²) >= 11 is 0. The van der Waals surface area contributed by atoms with Crippen molar-refractivity contribution >= 4 is 28.3 Å². The van der Waals surface area contributed by atoms with Crippen molar-refractivity contribution in [2.75, 3.05) is 6.54 Å². The summed E-state index contributed by atoms with van der Waals surface area (Å²) in [6.45, 7) is 9.62. The molecule has 0 spiro atoms. The first kappa shape index (κ1) is 23.9. The van der Waals surface area contributed by atoms with E-state index in [4.69, 9.17) is 5.73 Å². The minimum Gasteiger partial charge on any atom is -0.345 e. The van der Waals surface area contributed by atoms with Crippen LogP contribution in [0.3, 0.4) is 0 Å². The number of sulfonamides is 1. The van der Waals surface area contributed by atoms with E-state index in [1.54, 1.807) is 20.8 Å². The van der Waals surface area contributed by atoms with E-state index in [2.05, 4.69) is 10.0 Å². The van der Waals surface area contributed by atoms with E-state index in [-0.39, 0.29) is 23.2 Å². The van der Waals surface area contributed by atoms with Crippen LogP contribution in [-0.4, -0.2) is 31.9 Å². The molecule has 1 rings (SSSR count). The van der Waals surface area contributed by atoms with Gasteiger partial charge in [0.1, 0.15) is 0 Å². The average Bonchev–Trinajstić information content (AvgIpc) is 2.50. The summed E-state index contributed by atoms with van der Waals surface area (Å²) in [6, 6.07) is 5.90. The summed E-state index contributed by atoms with van der Waals surface area (Å²) in [5, 5.41) is 2.96. The van der Waals surface area contributed by atoms with Gasteiger partial charge in [0.05, 0.1) is 10.4 Å². The van der Waals surface area contributed by atoms with E-state index in [1.807, 2.05) is 13.8 Å². The highest BCUT2D eigenvalue weighted by atomic mass is 35.5. The number of carbonyl (C=O) groups excluding carboxylic acids is 1. The zero-order valence-corrected chi connectivity index (χ0v) is 17.2. The Morgan fingerprint density at radius 1 is 1.08 bits per heavy atom. The second kappa shape index (κ2) is 8.98. The van der Waals surface area contributed by atoms with Crippen molar-refractivity contribution in [3.63, 3.8) is 0 Å². The van der Waals surface area contributed by atoms with Crippen LogP contribution in [0, 0.1) is 0 Å². The Kier molecular flexibility index (Phi) is 8.57. The zero-order chi connectivity index (χ0) is 18.6. The van der Waals surface area contributed by atoms with E-state index in [0.717, 1.165) is 12.8 Å². The van der Waals surface area contributed by atoms with Gasteiger partial charge in [0, 0.05) is 17.6 Å². The highest BCUT2D eigenvalue weighted by Crippen LogP contribution is 2.17. The van der Waals surface area contributed by atoms with Gasteiger partial charge in [-0.2, -0.15) is 0 Å². The molecule has 0 bridgehead atoms. The minimum atomic E-state index is -3.61. The lowest BCUT2D eigenvalue weighted by atomic mass is 9.92. The van der Waals surface area contributed by atoms with Gasteiger partial charge in [0.2, 0.25) is 10.0 Å². The van der Waals surface area contributed by atoms with E-state index in [9.17, 15) is 13.2 Å². The van der Waals surface area contributed by atoms with Crippen molar-refractivity contribution < 1.29 is 13.2 Å². The molecule has 0 heterocycles. The lowest BCUT2D eigenvalue weighted by Crippen LogP contribution is -2.52. The summed E-state index contributed by atoms with van der Waals surface area (Å²) in [6.07, 6.45) is 1.46. The molecular weight excluding hydrogens is 362 g/mol. The Morgan fingerprint density at radius 2 is 1.56 bits per heavy atom. The molecule has 0 aliphatic heterocycles. The van der Waals surface area contributed by atoms with Crippen molar-refractivity contribution in [1.29, 1.82) is 0 Å². The minimum absolute atomic E-state index is 0. The van der Waals surface area contributed by atoms with Crippen LogP contribution >= 0.6 is 12.4 Å². The molecule has 0 aliphatic carbocycles. The zero-order valence-electron chi connectivity index (χ0n) is 15.5. The van der Waals surface area contributed by atoms with Crippen LogP contribution in [0.25, 0.3) is 0 Å². The molecule has 1 aromatic carbocycles. The van der Waals surface area contributed by atoms with E-state index in [1.165, 1.54) is 24.3 Å². The highest BCUT2D eigenvalue weighted by Gasteiger charge is 2.27. The maximum absolute atomic E-state index is 12.4. The van der Waals surface area contributed by atoms with Crippen LogP contribution in [0.5, 0.6) is 0 Å². The van der Waals surface area contributed by atoms with Gasteiger partial charge in [-0.05, 0) is 57.9 Å². The number of halogens is 1. The molecule has 0 atom stereocenters. The van der Waals surface area contributed by atoms with Crippen LogP contribution in [0.4, 0.5) is 0 Å². The molecule has 25 heavy (non-hydrogen) atoms.